The molecular formula is C18H20Si. The van der Waals surface area contributed by atoms with Crippen molar-refractivity contribution >= 4 is 18.4 Å². The van der Waals surface area contributed by atoms with Gasteiger partial charge in [-0.1, -0.05) is 83.9 Å². The van der Waals surface area contributed by atoms with Gasteiger partial charge in [-0.2, -0.15) is 0 Å². The van der Waals surface area contributed by atoms with Crippen LogP contribution < -0.4 is 10.4 Å². The Morgan fingerprint density at radius 3 is 1.42 bits per heavy atom. The Bertz CT molecular complexity index is 507. The third-order valence-corrected chi connectivity index (χ3v) is 10.8. The van der Waals surface area contributed by atoms with Crippen molar-refractivity contribution < 1.29 is 0 Å². The van der Waals surface area contributed by atoms with Crippen molar-refractivity contribution in [3.05, 3.63) is 60.7 Å². The SMILES string of the molecule is c1ccc([Si]2(c3ccccc3)C[C@H]3CC[C@@H]3C2)cc1. The Hall–Kier alpha value is -1.34. The lowest BCUT2D eigenvalue weighted by atomic mass is 9.77. The molecule has 1 aliphatic carbocycles. The van der Waals surface area contributed by atoms with Gasteiger partial charge in [0.2, 0.25) is 0 Å². The number of rotatable bonds is 2. The normalized spacial score (nSPS) is 27.6. The minimum absolute atomic E-state index is 1.03. The Balaban J connectivity index is 1.84. The highest BCUT2D eigenvalue weighted by atomic mass is 28.3. The second-order valence-electron chi connectivity index (χ2n) is 6.32. The molecule has 0 aromatic heterocycles. The molecule has 0 amide bonds. The summed E-state index contributed by atoms with van der Waals surface area (Å²) in [5.41, 5.74) is 0. The lowest BCUT2D eigenvalue weighted by Crippen LogP contribution is -2.56. The number of fused-ring (bicyclic) bond motifs is 1. The molecule has 1 heterocycles. The molecule has 1 saturated heterocycles. The Kier molecular flexibility index (Phi) is 2.63. The van der Waals surface area contributed by atoms with Gasteiger partial charge in [-0.05, 0) is 23.9 Å². The fourth-order valence-electron chi connectivity index (χ4n) is 4.31. The van der Waals surface area contributed by atoms with Gasteiger partial charge in [-0.15, -0.1) is 0 Å². The second kappa shape index (κ2) is 4.34. The van der Waals surface area contributed by atoms with E-state index in [2.05, 4.69) is 60.7 Å². The Labute approximate surface area is 116 Å². The van der Waals surface area contributed by atoms with Crippen molar-refractivity contribution in [1.29, 1.82) is 0 Å². The maximum absolute atomic E-state index is 2.39. The van der Waals surface area contributed by atoms with Crippen molar-refractivity contribution in [3.8, 4) is 0 Å². The number of benzene rings is 2. The molecule has 0 unspecified atom stereocenters. The molecule has 4 rings (SSSR count). The Morgan fingerprint density at radius 2 is 1.05 bits per heavy atom. The van der Waals surface area contributed by atoms with Crippen LogP contribution in [0.15, 0.2) is 60.7 Å². The van der Waals surface area contributed by atoms with Crippen molar-refractivity contribution in [2.75, 3.05) is 0 Å². The third-order valence-electron chi connectivity index (χ3n) is 5.45. The molecule has 1 heteroatoms. The van der Waals surface area contributed by atoms with Crippen LogP contribution in [0.5, 0.6) is 0 Å². The maximum atomic E-state index is 2.39. The summed E-state index contributed by atoms with van der Waals surface area (Å²) in [7, 11) is -1.45. The highest BCUT2D eigenvalue weighted by molar-refractivity contribution is 7.02. The van der Waals surface area contributed by atoms with E-state index in [0.29, 0.717) is 0 Å². The van der Waals surface area contributed by atoms with E-state index in [1.54, 1.807) is 10.4 Å². The van der Waals surface area contributed by atoms with Crippen LogP contribution in [0.3, 0.4) is 0 Å². The van der Waals surface area contributed by atoms with Crippen LogP contribution in [0, 0.1) is 11.8 Å². The monoisotopic (exact) mass is 264 g/mol. The number of hydrogen-bond donors (Lipinski definition) is 0. The zero-order valence-electron chi connectivity index (χ0n) is 11.3. The molecule has 0 N–H and O–H groups in total. The average molecular weight is 264 g/mol. The maximum Gasteiger partial charge on any atom is 0.118 e. The largest absolute Gasteiger partial charge is 0.118 e. The van der Waals surface area contributed by atoms with E-state index in [0.717, 1.165) is 11.8 Å². The summed E-state index contributed by atoms with van der Waals surface area (Å²) < 4.78 is 0. The van der Waals surface area contributed by atoms with Crippen LogP contribution in [0.25, 0.3) is 0 Å². The summed E-state index contributed by atoms with van der Waals surface area (Å²) in [5.74, 6) is 2.07. The van der Waals surface area contributed by atoms with Gasteiger partial charge in [-0.25, -0.2) is 0 Å². The van der Waals surface area contributed by atoms with Gasteiger partial charge in [0, 0.05) is 0 Å². The van der Waals surface area contributed by atoms with E-state index in [1.165, 1.54) is 24.9 Å². The van der Waals surface area contributed by atoms with Crippen molar-refractivity contribution in [2.24, 2.45) is 11.8 Å². The predicted molar refractivity (Wildman–Crippen MR) is 83.7 cm³/mol. The van der Waals surface area contributed by atoms with E-state index in [1.807, 2.05) is 0 Å². The lowest BCUT2D eigenvalue weighted by molar-refractivity contribution is 0.238. The van der Waals surface area contributed by atoms with Gasteiger partial charge in [0.25, 0.3) is 0 Å². The van der Waals surface area contributed by atoms with Crippen LogP contribution >= 0.6 is 0 Å². The molecule has 96 valence electrons. The zero-order chi connectivity index (χ0) is 12.7. The first-order valence-electron chi connectivity index (χ1n) is 7.49. The van der Waals surface area contributed by atoms with E-state index in [4.69, 9.17) is 0 Å². The average Bonchev–Trinajstić information content (AvgIpc) is 2.74. The third kappa shape index (κ3) is 1.72. The minimum atomic E-state index is -1.45. The predicted octanol–water partition coefficient (Wildman–Crippen LogP) is 3.29. The van der Waals surface area contributed by atoms with E-state index in [9.17, 15) is 0 Å². The van der Waals surface area contributed by atoms with Gasteiger partial charge in [0.1, 0.15) is 8.07 Å². The van der Waals surface area contributed by atoms with Gasteiger partial charge < -0.3 is 0 Å². The van der Waals surface area contributed by atoms with Gasteiger partial charge in [0.15, 0.2) is 0 Å². The molecule has 1 aliphatic heterocycles. The first-order valence-corrected chi connectivity index (χ1v) is 9.91. The van der Waals surface area contributed by atoms with E-state index >= 15 is 0 Å². The summed E-state index contributed by atoms with van der Waals surface area (Å²) in [6.07, 6.45) is 2.97. The topological polar surface area (TPSA) is 0 Å². The first-order chi connectivity index (χ1) is 9.38. The molecule has 0 spiro atoms. The molecule has 2 atom stereocenters. The molecular weight excluding hydrogens is 244 g/mol. The number of hydrogen-bond acceptors (Lipinski definition) is 0. The van der Waals surface area contributed by atoms with Crippen molar-refractivity contribution in [1.82, 2.24) is 0 Å². The molecule has 0 nitrogen and oxygen atoms in total. The van der Waals surface area contributed by atoms with Crippen LogP contribution in [0.4, 0.5) is 0 Å². The van der Waals surface area contributed by atoms with Crippen molar-refractivity contribution in [3.63, 3.8) is 0 Å². The quantitative estimate of drug-likeness (QED) is 0.730. The van der Waals surface area contributed by atoms with Crippen LogP contribution in [-0.2, 0) is 0 Å². The standard InChI is InChI=1S/C18H20Si/c1-3-7-17(8-4-1)19(18-9-5-2-6-10-18)13-15-11-12-16(15)14-19/h1-10,15-16H,11-14H2/t15-,16-/m1/s1. The van der Waals surface area contributed by atoms with Crippen LogP contribution in [0.2, 0.25) is 12.1 Å². The minimum Gasteiger partial charge on any atom is -0.0626 e. The molecule has 2 aromatic rings. The van der Waals surface area contributed by atoms with Gasteiger partial charge in [0.05, 0.1) is 0 Å². The van der Waals surface area contributed by atoms with Crippen LogP contribution in [-0.4, -0.2) is 8.07 Å². The van der Waals surface area contributed by atoms with Crippen molar-refractivity contribution in [2.45, 2.75) is 24.9 Å². The molecule has 2 aliphatic rings. The van der Waals surface area contributed by atoms with Crippen LogP contribution in [0.1, 0.15) is 12.8 Å². The summed E-state index contributed by atoms with van der Waals surface area (Å²) >= 11 is 0. The molecule has 2 aromatic carbocycles. The smallest absolute Gasteiger partial charge is 0.0626 e. The highest BCUT2D eigenvalue weighted by Crippen LogP contribution is 2.51. The summed E-state index contributed by atoms with van der Waals surface area (Å²) in [5, 5.41) is 3.33. The Morgan fingerprint density at radius 1 is 0.632 bits per heavy atom. The lowest BCUT2D eigenvalue weighted by Gasteiger charge is -2.29. The summed E-state index contributed by atoms with van der Waals surface area (Å²) in [4.78, 5) is 0. The summed E-state index contributed by atoms with van der Waals surface area (Å²) in [6.45, 7) is 0. The van der Waals surface area contributed by atoms with Gasteiger partial charge >= 0.3 is 0 Å². The van der Waals surface area contributed by atoms with Gasteiger partial charge in [-0.3, -0.25) is 0 Å². The molecule has 19 heavy (non-hydrogen) atoms. The second-order valence-corrected chi connectivity index (χ2v) is 10.5. The fourth-order valence-corrected chi connectivity index (χ4v) is 10.3. The van der Waals surface area contributed by atoms with E-state index < -0.39 is 8.07 Å². The molecule has 0 bridgehead atoms. The molecule has 0 radical (unpaired) electrons. The zero-order valence-corrected chi connectivity index (χ0v) is 12.3. The molecule has 1 saturated carbocycles. The molecule has 2 fully saturated rings. The fraction of sp³-hybridized carbons (Fsp3) is 0.333. The first kappa shape index (κ1) is 11.5. The summed E-state index contributed by atoms with van der Waals surface area (Å²) in [6, 6.07) is 25.8. The van der Waals surface area contributed by atoms with E-state index in [-0.39, 0.29) is 0 Å². The highest BCUT2D eigenvalue weighted by Gasteiger charge is 2.52.